The first kappa shape index (κ1) is 15.1. The van der Waals surface area contributed by atoms with Crippen molar-refractivity contribution in [1.82, 2.24) is 9.62 Å². The third-order valence-electron chi connectivity index (χ3n) is 3.04. The highest BCUT2D eigenvalue weighted by atomic mass is 35.5. The second kappa shape index (κ2) is 5.58. The molecule has 4 nitrogen and oxygen atoms in total. The molecule has 0 spiro atoms. The van der Waals surface area contributed by atoms with Crippen LogP contribution >= 0.6 is 23.2 Å². The van der Waals surface area contributed by atoms with Crippen molar-refractivity contribution >= 4 is 33.2 Å². The summed E-state index contributed by atoms with van der Waals surface area (Å²) in [7, 11) is -3.60. The maximum absolute atomic E-state index is 12.6. The zero-order valence-corrected chi connectivity index (χ0v) is 13.1. The Kier molecular flexibility index (Phi) is 4.42. The van der Waals surface area contributed by atoms with Gasteiger partial charge in [-0.25, -0.2) is 8.42 Å². The Labute approximate surface area is 123 Å². The number of hydrogen-bond acceptors (Lipinski definition) is 3. The Morgan fingerprint density at radius 2 is 1.79 bits per heavy atom. The molecule has 19 heavy (non-hydrogen) atoms. The van der Waals surface area contributed by atoms with E-state index in [1.165, 1.54) is 16.4 Å². The Balaban J connectivity index is 2.39. The van der Waals surface area contributed by atoms with Crippen LogP contribution in [-0.2, 0) is 10.0 Å². The van der Waals surface area contributed by atoms with Gasteiger partial charge in [0.05, 0.1) is 5.02 Å². The largest absolute Gasteiger partial charge is 0.309 e. The van der Waals surface area contributed by atoms with Crippen molar-refractivity contribution in [3.05, 3.63) is 28.2 Å². The zero-order chi connectivity index (χ0) is 14.2. The number of nitrogens with zero attached hydrogens (tertiary/aromatic N) is 1. The molecule has 2 atom stereocenters. The number of rotatable bonds is 2. The van der Waals surface area contributed by atoms with Crippen LogP contribution in [0, 0.1) is 0 Å². The SMILES string of the molecule is CC1CN(S(=O)(=O)c2cc(Cl)ccc2Cl)CC(C)N1. The zero-order valence-electron chi connectivity index (χ0n) is 10.7. The molecule has 1 aliphatic heterocycles. The van der Waals surface area contributed by atoms with Crippen molar-refractivity contribution in [2.45, 2.75) is 30.8 Å². The number of hydrogen-bond donors (Lipinski definition) is 1. The summed E-state index contributed by atoms with van der Waals surface area (Å²) in [5, 5.41) is 3.85. The smallest absolute Gasteiger partial charge is 0.244 e. The molecule has 1 saturated heterocycles. The fourth-order valence-corrected chi connectivity index (χ4v) is 4.64. The van der Waals surface area contributed by atoms with Crippen LogP contribution in [0.3, 0.4) is 0 Å². The molecule has 1 N–H and O–H groups in total. The quantitative estimate of drug-likeness (QED) is 0.909. The predicted molar refractivity (Wildman–Crippen MR) is 77.3 cm³/mol. The van der Waals surface area contributed by atoms with Gasteiger partial charge in [0.1, 0.15) is 4.90 Å². The predicted octanol–water partition coefficient (Wildman–Crippen LogP) is 2.36. The highest BCUT2D eigenvalue weighted by Crippen LogP contribution is 2.28. The van der Waals surface area contributed by atoms with Gasteiger partial charge in [0.15, 0.2) is 0 Å². The third-order valence-corrected chi connectivity index (χ3v) is 5.58. The fourth-order valence-electron chi connectivity index (χ4n) is 2.29. The second-order valence-electron chi connectivity index (χ2n) is 4.87. The molecule has 0 bridgehead atoms. The van der Waals surface area contributed by atoms with Crippen LogP contribution in [0.2, 0.25) is 10.0 Å². The Morgan fingerprint density at radius 3 is 2.37 bits per heavy atom. The summed E-state index contributed by atoms with van der Waals surface area (Å²) >= 11 is 11.9. The average Bonchev–Trinajstić information content (AvgIpc) is 2.31. The molecule has 2 unspecified atom stereocenters. The van der Waals surface area contributed by atoms with Crippen LogP contribution in [-0.4, -0.2) is 37.9 Å². The van der Waals surface area contributed by atoms with E-state index in [4.69, 9.17) is 23.2 Å². The van der Waals surface area contributed by atoms with E-state index in [9.17, 15) is 8.42 Å². The van der Waals surface area contributed by atoms with Gasteiger partial charge in [-0.1, -0.05) is 23.2 Å². The molecule has 0 aromatic heterocycles. The van der Waals surface area contributed by atoms with Crippen molar-refractivity contribution in [3.8, 4) is 0 Å². The van der Waals surface area contributed by atoms with Crippen molar-refractivity contribution in [1.29, 1.82) is 0 Å². The molecular weight excluding hydrogens is 307 g/mol. The highest BCUT2D eigenvalue weighted by Gasteiger charge is 2.32. The normalized spacial score (nSPS) is 25.5. The molecule has 0 aliphatic carbocycles. The van der Waals surface area contributed by atoms with E-state index < -0.39 is 10.0 Å². The van der Waals surface area contributed by atoms with Crippen molar-refractivity contribution in [3.63, 3.8) is 0 Å². The van der Waals surface area contributed by atoms with E-state index in [1.807, 2.05) is 13.8 Å². The van der Waals surface area contributed by atoms with E-state index in [0.29, 0.717) is 18.1 Å². The summed E-state index contributed by atoms with van der Waals surface area (Å²) in [5.74, 6) is 0. The summed E-state index contributed by atoms with van der Waals surface area (Å²) in [6.07, 6.45) is 0. The molecule has 1 aromatic carbocycles. The summed E-state index contributed by atoms with van der Waals surface area (Å²) in [6, 6.07) is 4.70. The Hall–Kier alpha value is -0.330. The third kappa shape index (κ3) is 3.23. The van der Waals surface area contributed by atoms with Gasteiger partial charge in [-0.2, -0.15) is 4.31 Å². The minimum atomic E-state index is -3.60. The summed E-state index contributed by atoms with van der Waals surface area (Å²) in [4.78, 5) is 0.0722. The van der Waals surface area contributed by atoms with E-state index in [0.717, 1.165) is 0 Å². The summed E-state index contributed by atoms with van der Waals surface area (Å²) < 4.78 is 26.7. The van der Waals surface area contributed by atoms with Crippen LogP contribution in [0.5, 0.6) is 0 Å². The van der Waals surface area contributed by atoms with Gasteiger partial charge in [0.2, 0.25) is 10.0 Å². The minimum Gasteiger partial charge on any atom is -0.309 e. The van der Waals surface area contributed by atoms with E-state index in [1.54, 1.807) is 6.07 Å². The molecule has 106 valence electrons. The van der Waals surface area contributed by atoms with Crippen LogP contribution < -0.4 is 5.32 Å². The van der Waals surface area contributed by atoms with Gasteiger partial charge in [0.25, 0.3) is 0 Å². The first-order valence-electron chi connectivity index (χ1n) is 6.02. The maximum atomic E-state index is 12.6. The Bertz CT molecular complexity index is 567. The van der Waals surface area contributed by atoms with Gasteiger partial charge in [-0.3, -0.25) is 0 Å². The van der Waals surface area contributed by atoms with Crippen molar-refractivity contribution in [2.75, 3.05) is 13.1 Å². The summed E-state index contributed by atoms with van der Waals surface area (Å²) in [6.45, 7) is 4.76. The fraction of sp³-hybridized carbons (Fsp3) is 0.500. The lowest BCUT2D eigenvalue weighted by Crippen LogP contribution is -2.55. The van der Waals surface area contributed by atoms with Crippen LogP contribution in [0.25, 0.3) is 0 Å². The lowest BCUT2D eigenvalue weighted by Gasteiger charge is -2.35. The van der Waals surface area contributed by atoms with Gasteiger partial charge >= 0.3 is 0 Å². The molecule has 0 radical (unpaired) electrons. The molecular formula is C12H16Cl2N2O2S. The minimum absolute atomic E-state index is 0.0722. The average molecular weight is 323 g/mol. The number of nitrogens with one attached hydrogen (secondary N) is 1. The molecule has 2 rings (SSSR count). The lowest BCUT2D eigenvalue weighted by molar-refractivity contribution is 0.263. The van der Waals surface area contributed by atoms with Crippen LogP contribution in [0.4, 0.5) is 0 Å². The monoisotopic (exact) mass is 322 g/mol. The van der Waals surface area contributed by atoms with Gasteiger partial charge in [-0.15, -0.1) is 0 Å². The highest BCUT2D eigenvalue weighted by molar-refractivity contribution is 7.89. The summed E-state index contributed by atoms with van der Waals surface area (Å²) in [5.41, 5.74) is 0. The van der Waals surface area contributed by atoms with E-state index in [2.05, 4.69) is 5.32 Å². The molecule has 1 aromatic rings. The molecule has 0 saturated carbocycles. The van der Waals surface area contributed by atoms with Crippen molar-refractivity contribution in [2.24, 2.45) is 0 Å². The van der Waals surface area contributed by atoms with E-state index in [-0.39, 0.29) is 22.0 Å². The number of halogens is 2. The topological polar surface area (TPSA) is 49.4 Å². The lowest BCUT2D eigenvalue weighted by atomic mass is 10.2. The van der Waals surface area contributed by atoms with Gasteiger partial charge < -0.3 is 5.32 Å². The second-order valence-corrected chi connectivity index (χ2v) is 7.62. The van der Waals surface area contributed by atoms with Gasteiger partial charge in [0, 0.05) is 30.2 Å². The standard InChI is InChI=1S/C12H16Cl2N2O2S/c1-8-6-16(7-9(2)15-8)19(17,18)12-5-10(13)3-4-11(12)14/h3-5,8-9,15H,6-7H2,1-2H3. The molecule has 1 fully saturated rings. The first-order chi connectivity index (χ1) is 8.80. The van der Waals surface area contributed by atoms with Gasteiger partial charge in [-0.05, 0) is 32.0 Å². The van der Waals surface area contributed by atoms with Crippen molar-refractivity contribution < 1.29 is 8.42 Å². The van der Waals surface area contributed by atoms with Crippen LogP contribution in [0.15, 0.2) is 23.1 Å². The first-order valence-corrected chi connectivity index (χ1v) is 8.21. The molecule has 1 aliphatic rings. The molecule has 7 heteroatoms. The maximum Gasteiger partial charge on any atom is 0.244 e. The van der Waals surface area contributed by atoms with E-state index >= 15 is 0 Å². The number of benzene rings is 1. The molecule has 0 amide bonds. The van der Waals surface area contributed by atoms with Crippen LogP contribution in [0.1, 0.15) is 13.8 Å². The number of sulfonamides is 1. The number of piperazine rings is 1. The molecule has 1 heterocycles. The Morgan fingerprint density at radius 1 is 1.21 bits per heavy atom.